The summed E-state index contributed by atoms with van der Waals surface area (Å²) in [6.07, 6.45) is 1.62. The van der Waals surface area contributed by atoms with Crippen LogP contribution in [0.1, 0.15) is 5.56 Å². The van der Waals surface area contributed by atoms with Gasteiger partial charge in [0.15, 0.2) is 5.17 Å². The predicted octanol–water partition coefficient (Wildman–Crippen LogP) is 4.70. The molecule has 0 aliphatic carbocycles. The van der Waals surface area contributed by atoms with Crippen LogP contribution in [0.5, 0.6) is 5.75 Å². The number of halogens is 2. The van der Waals surface area contributed by atoms with Crippen LogP contribution in [0.25, 0.3) is 6.08 Å². The van der Waals surface area contributed by atoms with Crippen molar-refractivity contribution in [1.82, 2.24) is 5.32 Å². The van der Waals surface area contributed by atoms with Gasteiger partial charge in [-0.15, -0.1) is 0 Å². The van der Waals surface area contributed by atoms with Crippen molar-refractivity contribution < 1.29 is 9.90 Å². The van der Waals surface area contributed by atoms with Gasteiger partial charge in [-0.05, 0) is 48.2 Å². The number of phenols is 1. The highest BCUT2D eigenvalue weighted by atomic mass is 79.9. The molecule has 1 amide bonds. The highest BCUT2D eigenvalue weighted by Crippen LogP contribution is 2.32. The number of hydrogen-bond donors (Lipinski definition) is 2. The molecule has 23 heavy (non-hydrogen) atoms. The second kappa shape index (κ2) is 6.78. The minimum atomic E-state index is -0.264. The first-order valence-electron chi connectivity index (χ1n) is 6.55. The molecule has 1 heterocycles. The summed E-state index contributed by atoms with van der Waals surface area (Å²) in [4.78, 5) is 16.8. The first kappa shape index (κ1) is 16.1. The van der Waals surface area contributed by atoms with E-state index in [2.05, 4.69) is 26.2 Å². The first-order chi connectivity index (χ1) is 11.0. The van der Waals surface area contributed by atoms with Crippen molar-refractivity contribution >= 4 is 62.1 Å². The fourth-order valence-electron chi connectivity index (χ4n) is 1.91. The number of benzene rings is 2. The van der Waals surface area contributed by atoms with Gasteiger partial charge < -0.3 is 10.4 Å². The normalized spacial score (nSPS) is 17.7. The third kappa shape index (κ3) is 3.77. The number of carbonyl (C=O) groups excluding carboxylic acids is 1. The number of para-hydroxylation sites is 1. The second-order valence-electron chi connectivity index (χ2n) is 4.64. The van der Waals surface area contributed by atoms with Gasteiger partial charge in [0.25, 0.3) is 5.91 Å². The standard InChI is InChI=1S/C16H10BrClN2O2S/c17-10-5-6-13(21)9(7-10)8-14-15(22)20-16(23-14)19-12-4-2-1-3-11(12)18/h1-8,21H,(H,19,20,22). The van der Waals surface area contributed by atoms with E-state index >= 15 is 0 Å². The van der Waals surface area contributed by atoms with E-state index in [0.29, 0.717) is 26.3 Å². The molecule has 0 aromatic heterocycles. The van der Waals surface area contributed by atoms with Gasteiger partial charge in [-0.2, -0.15) is 0 Å². The summed E-state index contributed by atoms with van der Waals surface area (Å²) in [5, 5.41) is 13.5. The molecular formula is C16H10BrClN2O2S. The Morgan fingerprint density at radius 1 is 1.26 bits per heavy atom. The number of nitrogens with one attached hydrogen (secondary N) is 1. The SMILES string of the molecule is O=C1NC(=Nc2ccccc2Cl)SC1=Cc1cc(Br)ccc1O. The van der Waals surface area contributed by atoms with Crippen molar-refractivity contribution in [2.24, 2.45) is 4.99 Å². The van der Waals surface area contributed by atoms with Gasteiger partial charge in [-0.1, -0.05) is 39.7 Å². The van der Waals surface area contributed by atoms with Crippen molar-refractivity contribution in [3.63, 3.8) is 0 Å². The van der Waals surface area contributed by atoms with E-state index in [9.17, 15) is 9.90 Å². The average molecular weight is 410 g/mol. The van der Waals surface area contributed by atoms with Gasteiger partial charge in [0.2, 0.25) is 0 Å². The predicted molar refractivity (Wildman–Crippen MR) is 98.1 cm³/mol. The van der Waals surface area contributed by atoms with Crippen molar-refractivity contribution in [2.45, 2.75) is 0 Å². The molecule has 0 bridgehead atoms. The van der Waals surface area contributed by atoms with Gasteiger partial charge in [-0.25, -0.2) is 4.99 Å². The zero-order valence-corrected chi connectivity index (χ0v) is 14.7. The molecule has 3 rings (SSSR count). The van der Waals surface area contributed by atoms with Gasteiger partial charge in [-0.3, -0.25) is 4.79 Å². The zero-order valence-electron chi connectivity index (χ0n) is 11.6. The van der Waals surface area contributed by atoms with E-state index in [1.165, 1.54) is 11.8 Å². The molecule has 0 saturated carbocycles. The molecule has 0 radical (unpaired) electrons. The van der Waals surface area contributed by atoms with Crippen LogP contribution in [0.2, 0.25) is 5.02 Å². The van der Waals surface area contributed by atoms with E-state index in [-0.39, 0.29) is 11.7 Å². The molecule has 1 saturated heterocycles. The monoisotopic (exact) mass is 408 g/mol. The van der Waals surface area contributed by atoms with Crippen molar-refractivity contribution in [2.75, 3.05) is 0 Å². The maximum Gasteiger partial charge on any atom is 0.264 e. The Morgan fingerprint density at radius 3 is 2.83 bits per heavy atom. The zero-order chi connectivity index (χ0) is 16.4. The average Bonchev–Trinajstić information content (AvgIpc) is 2.85. The van der Waals surface area contributed by atoms with Crippen LogP contribution >= 0.6 is 39.3 Å². The summed E-state index contributed by atoms with van der Waals surface area (Å²) in [5.74, 6) is -0.161. The van der Waals surface area contributed by atoms with Crippen LogP contribution in [-0.4, -0.2) is 16.2 Å². The molecule has 7 heteroatoms. The molecule has 0 atom stereocenters. The van der Waals surface area contributed by atoms with Gasteiger partial charge in [0, 0.05) is 10.0 Å². The number of hydrogen-bond acceptors (Lipinski definition) is 4. The second-order valence-corrected chi connectivity index (χ2v) is 6.99. The molecule has 2 aromatic rings. The third-order valence-electron chi connectivity index (χ3n) is 3.00. The lowest BCUT2D eigenvalue weighted by atomic mass is 10.2. The minimum absolute atomic E-state index is 0.102. The quantitative estimate of drug-likeness (QED) is 0.707. The summed E-state index contributed by atoms with van der Waals surface area (Å²) in [5.41, 5.74) is 1.14. The highest BCUT2D eigenvalue weighted by Gasteiger charge is 2.24. The summed E-state index contributed by atoms with van der Waals surface area (Å²) in [6, 6.07) is 12.2. The van der Waals surface area contributed by atoms with Crippen LogP contribution in [-0.2, 0) is 4.79 Å². The smallest absolute Gasteiger partial charge is 0.264 e. The Bertz CT molecular complexity index is 852. The van der Waals surface area contributed by atoms with Gasteiger partial charge in [0.1, 0.15) is 5.75 Å². The van der Waals surface area contributed by atoms with Crippen LogP contribution in [0.3, 0.4) is 0 Å². The first-order valence-corrected chi connectivity index (χ1v) is 8.54. The summed E-state index contributed by atoms with van der Waals surface area (Å²) < 4.78 is 0.815. The minimum Gasteiger partial charge on any atom is -0.507 e. The molecule has 1 aliphatic rings. The summed E-state index contributed by atoms with van der Waals surface area (Å²) >= 11 is 10.6. The highest BCUT2D eigenvalue weighted by molar-refractivity contribution is 9.10. The van der Waals surface area contributed by atoms with E-state index in [0.717, 1.165) is 4.47 Å². The van der Waals surface area contributed by atoms with E-state index in [1.807, 2.05) is 12.1 Å². The molecule has 1 aliphatic heterocycles. The largest absolute Gasteiger partial charge is 0.507 e. The number of amides is 1. The number of nitrogens with zero attached hydrogens (tertiary/aromatic N) is 1. The van der Waals surface area contributed by atoms with E-state index in [1.54, 1.807) is 36.4 Å². The molecule has 2 N–H and O–H groups in total. The number of amidine groups is 1. The lowest BCUT2D eigenvalue weighted by molar-refractivity contribution is -0.115. The molecule has 1 fully saturated rings. The fourth-order valence-corrected chi connectivity index (χ4v) is 3.30. The third-order valence-corrected chi connectivity index (χ3v) is 4.72. The Balaban J connectivity index is 1.90. The molecule has 116 valence electrons. The van der Waals surface area contributed by atoms with Crippen LogP contribution < -0.4 is 5.32 Å². The molecule has 0 spiro atoms. The van der Waals surface area contributed by atoms with Crippen molar-refractivity contribution in [1.29, 1.82) is 0 Å². The van der Waals surface area contributed by atoms with Gasteiger partial charge >= 0.3 is 0 Å². The van der Waals surface area contributed by atoms with E-state index < -0.39 is 0 Å². The number of phenolic OH excluding ortho intramolecular Hbond substituents is 1. The number of aliphatic imine (C=N–C) groups is 1. The lowest BCUT2D eigenvalue weighted by Gasteiger charge is -2.00. The van der Waals surface area contributed by atoms with Crippen LogP contribution in [0, 0.1) is 0 Å². The molecule has 0 unspecified atom stereocenters. The summed E-state index contributed by atoms with van der Waals surface area (Å²) in [6.45, 7) is 0. The Morgan fingerprint density at radius 2 is 2.04 bits per heavy atom. The number of carbonyl (C=O) groups is 1. The Hall–Kier alpha value is -1.76. The van der Waals surface area contributed by atoms with E-state index in [4.69, 9.17) is 11.6 Å². The van der Waals surface area contributed by atoms with Gasteiger partial charge in [0.05, 0.1) is 15.6 Å². The lowest BCUT2D eigenvalue weighted by Crippen LogP contribution is -2.19. The summed E-state index contributed by atoms with van der Waals surface area (Å²) in [7, 11) is 0. The maximum atomic E-state index is 12.1. The Labute approximate surface area is 150 Å². The molecular weight excluding hydrogens is 400 g/mol. The number of rotatable bonds is 2. The van der Waals surface area contributed by atoms with Crippen molar-refractivity contribution in [3.05, 3.63) is 62.4 Å². The van der Waals surface area contributed by atoms with Crippen LogP contribution in [0.15, 0.2) is 56.8 Å². The maximum absolute atomic E-state index is 12.1. The number of thioether (sulfide) groups is 1. The van der Waals surface area contributed by atoms with Crippen molar-refractivity contribution in [3.8, 4) is 5.75 Å². The molecule has 2 aromatic carbocycles. The van der Waals surface area contributed by atoms with Crippen LogP contribution in [0.4, 0.5) is 5.69 Å². The topological polar surface area (TPSA) is 61.7 Å². The fraction of sp³-hybridized carbons (Fsp3) is 0. The molecule has 4 nitrogen and oxygen atoms in total. The Kier molecular flexibility index (Phi) is 4.75. The number of aromatic hydroxyl groups is 1.